The van der Waals surface area contributed by atoms with Gasteiger partial charge >= 0.3 is 0 Å². The monoisotopic (exact) mass is 392 g/mol. The van der Waals surface area contributed by atoms with Gasteiger partial charge in [-0.05, 0) is 61.6 Å². The first-order valence-corrected chi connectivity index (χ1v) is 10.1. The maximum Gasteiger partial charge on any atom is 0.137 e. The van der Waals surface area contributed by atoms with E-state index in [0.717, 1.165) is 51.4 Å². The smallest absolute Gasteiger partial charge is 0.137 e. The van der Waals surface area contributed by atoms with Gasteiger partial charge in [-0.3, -0.25) is 0 Å². The van der Waals surface area contributed by atoms with E-state index in [-0.39, 0.29) is 0 Å². The summed E-state index contributed by atoms with van der Waals surface area (Å²) in [6.45, 7) is 9.16. The summed E-state index contributed by atoms with van der Waals surface area (Å²) >= 11 is 6.44. The van der Waals surface area contributed by atoms with Gasteiger partial charge in [-0.25, -0.2) is 4.98 Å². The first kappa shape index (κ1) is 18.8. The SMILES string of the molecule is CCc1[nH]c2ncc(C3=C(C)OCC(C)=C3C)cc2c1Cc1ccccc1Cl. The number of pyridine rings is 1. The van der Waals surface area contributed by atoms with E-state index in [1.807, 2.05) is 31.3 Å². The lowest BCUT2D eigenvalue weighted by Gasteiger charge is -2.22. The summed E-state index contributed by atoms with van der Waals surface area (Å²) in [6.07, 6.45) is 3.66. The predicted molar refractivity (Wildman–Crippen MR) is 117 cm³/mol. The molecule has 0 amide bonds. The van der Waals surface area contributed by atoms with Gasteiger partial charge in [0.2, 0.25) is 0 Å². The lowest BCUT2D eigenvalue weighted by atomic mass is 9.93. The Morgan fingerprint density at radius 3 is 2.71 bits per heavy atom. The molecule has 4 rings (SSSR count). The molecule has 0 saturated carbocycles. The van der Waals surface area contributed by atoms with Crippen molar-refractivity contribution in [3.8, 4) is 0 Å². The Morgan fingerprint density at radius 2 is 1.96 bits per heavy atom. The molecule has 1 aliphatic heterocycles. The van der Waals surface area contributed by atoms with E-state index < -0.39 is 0 Å². The number of hydrogen-bond acceptors (Lipinski definition) is 2. The van der Waals surface area contributed by atoms with Crippen LogP contribution in [0.4, 0.5) is 0 Å². The van der Waals surface area contributed by atoms with Crippen molar-refractivity contribution in [2.24, 2.45) is 0 Å². The predicted octanol–water partition coefficient (Wildman–Crippen LogP) is 6.47. The number of nitrogens with one attached hydrogen (secondary N) is 1. The van der Waals surface area contributed by atoms with Crippen molar-refractivity contribution in [3.63, 3.8) is 0 Å². The Labute approximate surface area is 171 Å². The number of rotatable bonds is 4. The van der Waals surface area contributed by atoms with Crippen LogP contribution in [0.2, 0.25) is 5.02 Å². The standard InChI is InChI=1S/C24H25ClN2O/c1-5-22-19(10-17-8-6-7-9-21(17)25)20-11-18(12-26-24(20)27-22)23-15(3)14(2)13-28-16(23)4/h6-9,11-12H,5,10,13H2,1-4H3,(H,26,27). The van der Waals surface area contributed by atoms with Gasteiger partial charge in [0.05, 0.1) is 0 Å². The Bertz CT molecular complexity index is 1120. The molecule has 144 valence electrons. The average Bonchev–Trinajstić information content (AvgIpc) is 3.04. The molecule has 0 atom stereocenters. The van der Waals surface area contributed by atoms with Crippen molar-refractivity contribution in [2.45, 2.75) is 40.5 Å². The second kappa shape index (κ2) is 7.48. The molecule has 0 fully saturated rings. The number of ether oxygens (including phenoxy) is 1. The lowest BCUT2D eigenvalue weighted by Crippen LogP contribution is -2.07. The minimum Gasteiger partial charge on any atom is -0.493 e. The van der Waals surface area contributed by atoms with Crippen LogP contribution < -0.4 is 0 Å². The summed E-state index contributed by atoms with van der Waals surface area (Å²) in [5.41, 5.74) is 9.35. The van der Waals surface area contributed by atoms with Crippen molar-refractivity contribution in [2.75, 3.05) is 6.61 Å². The number of benzene rings is 1. The third-order valence-electron chi connectivity index (χ3n) is 5.69. The molecule has 0 unspecified atom stereocenters. The van der Waals surface area contributed by atoms with Gasteiger partial charge in [-0.1, -0.05) is 36.7 Å². The number of fused-ring (bicyclic) bond motifs is 1. The topological polar surface area (TPSA) is 37.9 Å². The molecule has 28 heavy (non-hydrogen) atoms. The number of nitrogens with zero attached hydrogens (tertiary/aromatic N) is 1. The summed E-state index contributed by atoms with van der Waals surface area (Å²) in [6, 6.07) is 10.3. The van der Waals surface area contributed by atoms with Crippen LogP contribution in [0.5, 0.6) is 0 Å². The highest BCUT2D eigenvalue weighted by Crippen LogP contribution is 2.35. The van der Waals surface area contributed by atoms with Gasteiger partial charge in [0.1, 0.15) is 18.0 Å². The lowest BCUT2D eigenvalue weighted by molar-refractivity contribution is 0.238. The van der Waals surface area contributed by atoms with Crippen LogP contribution in [0, 0.1) is 0 Å². The van der Waals surface area contributed by atoms with Crippen LogP contribution in [-0.2, 0) is 17.6 Å². The Kier molecular flexibility index (Phi) is 5.03. The van der Waals surface area contributed by atoms with Crippen molar-refractivity contribution >= 4 is 28.2 Å². The van der Waals surface area contributed by atoms with Crippen LogP contribution in [0.3, 0.4) is 0 Å². The number of aryl methyl sites for hydroxylation is 1. The van der Waals surface area contributed by atoms with Gasteiger partial charge in [0.15, 0.2) is 0 Å². The molecule has 0 aliphatic carbocycles. The quantitative estimate of drug-likeness (QED) is 0.552. The number of aromatic amines is 1. The van der Waals surface area contributed by atoms with Crippen LogP contribution in [0.1, 0.15) is 50.1 Å². The van der Waals surface area contributed by atoms with Crippen molar-refractivity contribution in [3.05, 3.63) is 80.8 Å². The van der Waals surface area contributed by atoms with Crippen LogP contribution >= 0.6 is 11.6 Å². The second-order valence-electron chi connectivity index (χ2n) is 7.45. The van der Waals surface area contributed by atoms with E-state index in [0.29, 0.717) is 6.61 Å². The second-order valence-corrected chi connectivity index (χ2v) is 7.86. The molecule has 2 aromatic heterocycles. The molecule has 0 bridgehead atoms. The summed E-state index contributed by atoms with van der Waals surface area (Å²) in [5, 5.41) is 1.96. The normalized spacial score (nSPS) is 14.8. The van der Waals surface area contributed by atoms with E-state index in [9.17, 15) is 0 Å². The molecular formula is C24H25ClN2O. The third-order valence-corrected chi connectivity index (χ3v) is 6.05. The molecule has 0 spiro atoms. The number of hydrogen-bond donors (Lipinski definition) is 1. The Morgan fingerprint density at radius 1 is 1.18 bits per heavy atom. The Balaban J connectivity index is 1.87. The van der Waals surface area contributed by atoms with E-state index in [1.165, 1.54) is 22.4 Å². The molecule has 3 aromatic rings. The van der Waals surface area contributed by atoms with Gasteiger partial charge in [0, 0.05) is 39.9 Å². The maximum absolute atomic E-state index is 6.44. The van der Waals surface area contributed by atoms with Crippen molar-refractivity contribution < 1.29 is 4.74 Å². The first-order chi connectivity index (χ1) is 13.5. The highest BCUT2D eigenvalue weighted by molar-refractivity contribution is 6.31. The molecule has 3 heterocycles. The van der Waals surface area contributed by atoms with Crippen LogP contribution in [0.25, 0.3) is 16.6 Å². The van der Waals surface area contributed by atoms with Gasteiger partial charge in [-0.15, -0.1) is 0 Å². The summed E-state index contributed by atoms with van der Waals surface area (Å²) in [5.74, 6) is 0.961. The number of allylic oxidation sites excluding steroid dienone is 3. The zero-order valence-corrected chi connectivity index (χ0v) is 17.6. The maximum atomic E-state index is 6.44. The first-order valence-electron chi connectivity index (χ1n) is 9.73. The minimum atomic E-state index is 0.665. The fourth-order valence-corrected chi connectivity index (χ4v) is 4.14. The number of H-pyrrole nitrogens is 1. The van der Waals surface area contributed by atoms with E-state index in [1.54, 1.807) is 0 Å². The van der Waals surface area contributed by atoms with Gasteiger partial charge in [0.25, 0.3) is 0 Å². The summed E-state index contributed by atoms with van der Waals surface area (Å²) < 4.78 is 5.88. The number of halogens is 1. The molecule has 4 heteroatoms. The van der Waals surface area contributed by atoms with Gasteiger partial charge < -0.3 is 9.72 Å². The fourth-order valence-electron chi connectivity index (χ4n) is 3.94. The van der Waals surface area contributed by atoms with E-state index in [2.05, 4.69) is 37.9 Å². The van der Waals surface area contributed by atoms with Crippen molar-refractivity contribution in [1.29, 1.82) is 0 Å². The molecule has 0 radical (unpaired) electrons. The highest BCUT2D eigenvalue weighted by atomic mass is 35.5. The van der Waals surface area contributed by atoms with E-state index >= 15 is 0 Å². The largest absolute Gasteiger partial charge is 0.493 e. The fraction of sp³-hybridized carbons (Fsp3) is 0.292. The van der Waals surface area contributed by atoms with Crippen LogP contribution in [-0.4, -0.2) is 16.6 Å². The summed E-state index contributed by atoms with van der Waals surface area (Å²) in [7, 11) is 0. The van der Waals surface area contributed by atoms with E-state index in [4.69, 9.17) is 21.3 Å². The molecule has 1 N–H and O–H groups in total. The van der Waals surface area contributed by atoms with Crippen LogP contribution in [0.15, 0.2) is 53.4 Å². The summed E-state index contributed by atoms with van der Waals surface area (Å²) in [4.78, 5) is 8.24. The molecular weight excluding hydrogens is 368 g/mol. The average molecular weight is 393 g/mol. The third kappa shape index (κ3) is 3.24. The van der Waals surface area contributed by atoms with Gasteiger partial charge in [-0.2, -0.15) is 0 Å². The molecule has 1 aromatic carbocycles. The highest BCUT2D eigenvalue weighted by Gasteiger charge is 2.20. The minimum absolute atomic E-state index is 0.665. The molecule has 1 aliphatic rings. The number of aromatic nitrogens is 2. The molecule has 0 saturated heterocycles. The van der Waals surface area contributed by atoms with Crippen molar-refractivity contribution in [1.82, 2.24) is 9.97 Å². The molecule has 3 nitrogen and oxygen atoms in total. The Hall–Kier alpha value is -2.52. The zero-order valence-electron chi connectivity index (χ0n) is 16.8. The zero-order chi connectivity index (χ0) is 19.8.